The van der Waals surface area contributed by atoms with Crippen molar-refractivity contribution in [2.24, 2.45) is 5.92 Å². The average molecular weight is 400 g/mol. The molecule has 0 aliphatic heterocycles. The van der Waals surface area contributed by atoms with E-state index in [1.807, 2.05) is 0 Å². The first kappa shape index (κ1) is 28.5. The number of carbonyl (C=O) groups excluding carboxylic acids is 3. The fourth-order valence-corrected chi connectivity index (χ4v) is 1.98. The molecular weight excluding hydrogens is 370 g/mol. The summed E-state index contributed by atoms with van der Waals surface area (Å²) in [7, 11) is 0. The van der Waals surface area contributed by atoms with Crippen LogP contribution in [0.3, 0.4) is 0 Å². The molecule has 0 aliphatic rings. The van der Waals surface area contributed by atoms with Gasteiger partial charge < -0.3 is 20.3 Å². The second kappa shape index (κ2) is 12.2. The van der Waals surface area contributed by atoms with E-state index < -0.39 is 48.4 Å². The highest BCUT2D eigenvalue weighted by Crippen LogP contribution is 2.18. The van der Waals surface area contributed by atoms with Crippen LogP contribution in [0.5, 0.6) is 0 Å². The van der Waals surface area contributed by atoms with Gasteiger partial charge in [0.15, 0.2) is 11.4 Å². The van der Waals surface area contributed by atoms with E-state index in [0.717, 1.165) is 0 Å². The molecule has 0 rings (SSSR count). The zero-order valence-electron chi connectivity index (χ0n) is 15.1. The molecule has 0 aromatic rings. The third-order valence-electron chi connectivity index (χ3n) is 3.08. The van der Waals surface area contributed by atoms with Crippen molar-refractivity contribution in [2.75, 3.05) is 0 Å². The van der Waals surface area contributed by atoms with Gasteiger partial charge in [-0.05, 0) is 26.7 Å². The number of carboxylic acids is 1. The van der Waals surface area contributed by atoms with E-state index in [1.54, 1.807) is 27.7 Å². The maximum Gasteiger partial charge on any atom is 0.336 e. The van der Waals surface area contributed by atoms with E-state index in [9.17, 15) is 24.3 Å². The molecule has 0 unspecified atom stereocenters. The molecule has 1 amide bonds. The van der Waals surface area contributed by atoms with Crippen molar-refractivity contribution in [3.05, 3.63) is 0 Å². The molecule has 0 aromatic heterocycles. The van der Waals surface area contributed by atoms with Crippen LogP contribution in [0.15, 0.2) is 0 Å². The summed E-state index contributed by atoms with van der Waals surface area (Å²) < 4.78 is 4.79. The number of aliphatic carboxylic acids is 1. The predicted octanol–water partition coefficient (Wildman–Crippen LogP) is 0.489. The molecule has 0 fully saturated rings. The monoisotopic (exact) mass is 399 g/mol. The number of carboxylic acid groups (broad SMARTS) is 1. The number of nitrogens with one attached hydrogen (secondary N) is 1. The number of ketones is 1. The highest BCUT2D eigenvalue weighted by molar-refractivity contribution is 7.59. The minimum Gasteiger partial charge on any atom is -0.479 e. The van der Waals surface area contributed by atoms with E-state index in [4.69, 9.17) is 9.84 Å². The Kier molecular flexibility index (Phi) is 13.9. The van der Waals surface area contributed by atoms with E-state index in [2.05, 4.69) is 5.32 Å². The lowest BCUT2D eigenvalue weighted by molar-refractivity contribution is -0.171. The zero-order valence-corrected chi connectivity index (χ0v) is 17.1. The van der Waals surface area contributed by atoms with Crippen LogP contribution in [-0.4, -0.2) is 51.6 Å². The van der Waals surface area contributed by atoms with E-state index in [0.29, 0.717) is 0 Å². The van der Waals surface area contributed by atoms with Crippen LogP contribution >= 0.6 is 27.0 Å². The Morgan fingerprint density at radius 2 is 1.52 bits per heavy atom. The summed E-state index contributed by atoms with van der Waals surface area (Å²) in [5, 5.41) is 21.6. The normalized spacial score (nSPS) is 13.8. The lowest BCUT2D eigenvalue weighted by Gasteiger charge is -2.25. The second-order valence-corrected chi connectivity index (χ2v) is 6.13. The lowest BCUT2D eigenvalue weighted by Crippen LogP contribution is -2.49. The number of ether oxygens (including phenoxy) is 1. The third kappa shape index (κ3) is 10.4. The maximum atomic E-state index is 11.9. The van der Waals surface area contributed by atoms with Crippen LogP contribution in [-0.2, 0) is 23.9 Å². The summed E-state index contributed by atoms with van der Waals surface area (Å²) >= 11 is 0. The summed E-state index contributed by atoms with van der Waals surface area (Å²) in [6, 6.07) is -0.789. The molecule has 0 spiro atoms. The summed E-state index contributed by atoms with van der Waals surface area (Å²) in [6.45, 7) is 7.88. The quantitative estimate of drug-likeness (QED) is 0.481. The van der Waals surface area contributed by atoms with Crippen LogP contribution < -0.4 is 5.32 Å². The van der Waals surface area contributed by atoms with Crippen molar-refractivity contribution in [3.63, 3.8) is 0 Å². The minimum atomic E-state index is -2.59. The van der Waals surface area contributed by atoms with Crippen molar-refractivity contribution in [3.8, 4) is 0 Å². The van der Waals surface area contributed by atoms with Crippen LogP contribution in [0.25, 0.3) is 0 Å². The largest absolute Gasteiger partial charge is 0.479 e. The topological polar surface area (TPSA) is 130 Å². The van der Waals surface area contributed by atoms with Gasteiger partial charge in [-0.25, -0.2) is 4.79 Å². The highest BCUT2D eigenvalue weighted by atomic mass is 32.1. The SMILES string of the molecule is CC(=O)[C@@H](NC(=O)C[C@@](O)(CC(=O)OC(C)C)C(=O)O)C(C)C.S.S. The average Bonchev–Trinajstić information content (AvgIpc) is 2.33. The number of hydrogen-bond acceptors (Lipinski definition) is 6. The number of carbonyl (C=O) groups is 4. The number of aliphatic hydroxyl groups is 1. The second-order valence-electron chi connectivity index (χ2n) is 6.13. The molecule has 0 saturated heterocycles. The molecule has 0 bridgehead atoms. The lowest BCUT2D eigenvalue weighted by atomic mass is 9.94. The van der Waals surface area contributed by atoms with Gasteiger partial charge >= 0.3 is 11.9 Å². The Morgan fingerprint density at radius 3 is 1.84 bits per heavy atom. The summed E-state index contributed by atoms with van der Waals surface area (Å²) in [5.74, 6) is -3.95. The number of esters is 1. The van der Waals surface area contributed by atoms with E-state index in [1.165, 1.54) is 6.92 Å². The fraction of sp³-hybridized carbons (Fsp3) is 0.733. The first-order valence-corrected chi connectivity index (χ1v) is 7.34. The van der Waals surface area contributed by atoms with Crippen molar-refractivity contribution in [1.82, 2.24) is 5.32 Å². The van der Waals surface area contributed by atoms with E-state index >= 15 is 0 Å². The smallest absolute Gasteiger partial charge is 0.336 e. The summed E-state index contributed by atoms with van der Waals surface area (Å²) in [4.78, 5) is 46.2. The molecule has 2 atom stereocenters. The summed E-state index contributed by atoms with van der Waals surface area (Å²) in [5.41, 5.74) is -2.59. The number of Topliss-reactive ketones (excluding diaryl/α,β-unsaturated/α-hetero) is 1. The minimum absolute atomic E-state index is 0. The van der Waals surface area contributed by atoms with Crippen LogP contribution in [0.4, 0.5) is 0 Å². The molecular formula is C15H29NO7S2. The van der Waals surface area contributed by atoms with Crippen molar-refractivity contribution in [1.29, 1.82) is 0 Å². The van der Waals surface area contributed by atoms with Gasteiger partial charge in [0.2, 0.25) is 5.91 Å². The van der Waals surface area contributed by atoms with Crippen LogP contribution in [0.1, 0.15) is 47.5 Å². The molecule has 148 valence electrons. The van der Waals surface area contributed by atoms with Crippen molar-refractivity contribution < 1.29 is 34.1 Å². The molecule has 0 saturated carbocycles. The van der Waals surface area contributed by atoms with Gasteiger partial charge in [-0.2, -0.15) is 27.0 Å². The molecule has 25 heavy (non-hydrogen) atoms. The van der Waals surface area contributed by atoms with Crippen molar-refractivity contribution >= 4 is 50.6 Å². The van der Waals surface area contributed by atoms with Crippen LogP contribution in [0, 0.1) is 5.92 Å². The molecule has 10 heteroatoms. The van der Waals surface area contributed by atoms with Gasteiger partial charge in [0, 0.05) is 0 Å². The molecule has 0 heterocycles. The van der Waals surface area contributed by atoms with Gasteiger partial charge in [-0.1, -0.05) is 13.8 Å². The van der Waals surface area contributed by atoms with E-state index in [-0.39, 0.29) is 38.7 Å². The third-order valence-corrected chi connectivity index (χ3v) is 3.08. The van der Waals surface area contributed by atoms with Crippen LogP contribution in [0.2, 0.25) is 0 Å². The van der Waals surface area contributed by atoms with Gasteiger partial charge in [0.1, 0.15) is 0 Å². The number of amides is 1. The number of rotatable bonds is 9. The first-order chi connectivity index (χ1) is 10.4. The number of hydrogen-bond donors (Lipinski definition) is 3. The standard InChI is InChI=1S/C15H25NO7.2H2S/c1-8(2)13(10(5)17)16-11(18)6-15(22,14(20)21)7-12(19)23-9(3)4;;/h8-9,13,22H,6-7H2,1-5H3,(H,16,18)(H,20,21);2*1H2/t13-,15+;;/m0../s1. The Hall–Kier alpha value is -1.26. The zero-order chi connectivity index (χ0) is 18.4. The van der Waals surface area contributed by atoms with Crippen molar-refractivity contribution in [2.45, 2.75) is 65.2 Å². The highest BCUT2D eigenvalue weighted by Gasteiger charge is 2.42. The fourth-order valence-electron chi connectivity index (χ4n) is 1.98. The predicted molar refractivity (Wildman–Crippen MR) is 101 cm³/mol. The molecule has 0 radical (unpaired) electrons. The molecule has 3 N–H and O–H groups in total. The first-order valence-electron chi connectivity index (χ1n) is 7.34. The van der Waals surface area contributed by atoms with Gasteiger partial charge in [0.25, 0.3) is 0 Å². The molecule has 0 aromatic carbocycles. The molecule has 0 aliphatic carbocycles. The van der Waals surface area contributed by atoms with Gasteiger partial charge in [-0.3, -0.25) is 14.4 Å². The van der Waals surface area contributed by atoms with Gasteiger partial charge in [0.05, 0.1) is 25.0 Å². The van der Waals surface area contributed by atoms with Gasteiger partial charge in [-0.15, -0.1) is 0 Å². The Labute approximate surface area is 161 Å². The maximum absolute atomic E-state index is 11.9. The summed E-state index contributed by atoms with van der Waals surface area (Å²) in [6.07, 6.45) is -2.19. The Bertz CT molecular complexity index is 483. The molecule has 8 nitrogen and oxygen atoms in total. The Balaban J connectivity index is -0.00000242. The Morgan fingerprint density at radius 1 is 1.04 bits per heavy atom.